The van der Waals surface area contributed by atoms with Gasteiger partial charge in [0.15, 0.2) is 11.5 Å². The van der Waals surface area contributed by atoms with Crippen LogP contribution in [0.4, 0.5) is 0 Å². The second kappa shape index (κ2) is 5.93. The Morgan fingerprint density at radius 3 is 2.74 bits per heavy atom. The summed E-state index contributed by atoms with van der Waals surface area (Å²) in [6.07, 6.45) is 0.882. The molecule has 1 aromatic carbocycles. The van der Waals surface area contributed by atoms with Crippen molar-refractivity contribution in [2.24, 2.45) is 5.73 Å². The maximum absolute atomic E-state index is 11.7. The highest BCUT2D eigenvalue weighted by Crippen LogP contribution is 2.30. The smallest absolute Gasteiger partial charge is 0.239 e. The van der Waals surface area contributed by atoms with Gasteiger partial charge in [0.1, 0.15) is 0 Å². The highest BCUT2D eigenvalue weighted by molar-refractivity contribution is 5.80. The van der Waals surface area contributed by atoms with Crippen LogP contribution in [0, 0.1) is 0 Å². The standard InChI is InChI=1S/C14H20N2O3/c1-10(15)14(17)16(2)9-11-4-5-12-13(8-11)19-7-3-6-18-12/h4-5,8,10H,3,6-7,9,15H2,1-2H3. The number of ether oxygens (including phenoxy) is 2. The minimum atomic E-state index is -0.481. The fraction of sp³-hybridized carbons (Fsp3) is 0.500. The monoisotopic (exact) mass is 264 g/mol. The average Bonchev–Trinajstić information content (AvgIpc) is 2.62. The molecule has 0 saturated carbocycles. The van der Waals surface area contributed by atoms with Gasteiger partial charge in [0, 0.05) is 20.0 Å². The van der Waals surface area contributed by atoms with Crippen LogP contribution in [-0.4, -0.2) is 37.1 Å². The normalized spacial score (nSPS) is 15.5. The van der Waals surface area contributed by atoms with Gasteiger partial charge in [-0.25, -0.2) is 0 Å². The molecule has 104 valence electrons. The van der Waals surface area contributed by atoms with Crippen LogP contribution in [0.5, 0.6) is 11.5 Å². The summed E-state index contributed by atoms with van der Waals surface area (Å²) in [5.74, 6) is 1.44. The molecule has 0 spiro atoms. The van der Waals surface area contributed by atoms with Crippen molar-refractivity contribution in [2.45, 2.75) is 25.9 Å². The fourth-order valence-electron chi connectivity index (χ4n) is 2.01. The van der Waals surface area contributed by atoms with Gasteiger partial charge in [-0.1, -0.05) is 6.07 Å². The Labute approximate surface area is 113 Å². The zero-order chi connectivity index (χ0) is 13.8. The lowest BCUT2D eigenvalue weighted by atomic mass is 10.2. The fourth-order valence-corrected chi connectivity index (χ4v) is 2.01. The molecule has 5 heteroatoms. The van der Waals surface area contributed by atoms with Gasteiger partial charge in [-0.15, -0.1) is 0 Å². The molecule has 1 aromatic rings. The van der Waals surface area contributed by atoms with Crippen LogP contribution in [0.25, 0.3) is 0 Å². The van der Waals surface area contributed by atoms with Gasteiger partial charge in [-0.05, 0) is 24.6 Å². The summed E-state index contributed by atoms with van der Waals surface area (Å²) in [5.41, 5.74) is 6.59. The van der Waals surface area contributed by atoms with Crippen LogP contribution in [0.15, 0.2) is 18.2 Å². The molecular weight excluding hydrogens is 244 g/mol. The van der Waals surface area contributed by atoms with E-state index in [0.717, 1.165) is 23.5 Å². The van der Waals surface area contributed by atoms with Crippen molar-refractivity contribution in [1.29, 1.82) is 0 Å². The average molecular weight is 264 g/mol. The lowest BCUT2D eigenvalue weighted by Gasteiger charge is -2.20. The maximum Gasteiger partial charge on any atom is 0.239 e. The predicted molar refractivity (Wildman–Crippen MR) is 72.2 cm³/mol. The summed E-state index contributed by atoms with van der Waals surface area (Å²) in [4.78, 5) is 13.4. The van der Waals surface area contributed by atoms with Crippen molar-refractivity contribution < 1.29 is 14.3 Å². The van der Waals surface area contributed by atoms with E-state index in [9.17, 15) is 4.79 Å². The summed E-state index contributed by atoms with van der Waals surface area (Å²) in [6.45, 7) is 3.53. The van der Waals surface area contributed by atoms with E-state index in [-0.39, 0.29) is 5.91 Å². The molecule has 1 atom stereocenters. The quantitative estimate of drug-likeness (QED) is 0.889. The molecule has 0 aliphatic carbocycles. The second-order valence-corrected chi connectivity index (χ2v) is 4.81. The molecule has 5 nitrogen and oxygen atoms in total. The number of hydrogen-bond acceptors (Lipinski definition) is 4. The van der Waals surface area contributed by atoms with Crippen LogP contribution < -0.4 is 15.2 Å². The van der Waals surface area contributed by atoms with E-state index in [1.165, 1.54) is 0 Å². The van der Waals surface area contributed by atoms with Gasteiger partial charge < -0.3 is 20.1 Å². The van der Waals surface area contributed by atoms with Gasteiger partial charge in [-0.3, -0.25) is 4.79 Å². The first-order valence-corrected chi connectivity index (χ1v) is 6.47. The van der Waals surface area contributed by atoms with Crippen LogP contribution in [-0.2, 0) is 11.3 Å². The molecule has 0 aromatic heterocycles. The molecule has 0 radical (unpaired) electrons. The number of carbonyl (C=O) groups excluding carboxylic acids is 1. The van der Waals surface area contributed by atoms with Crippen molar-refractivity contribution in [3.05, 3.63) is 23.8 Å². The Morgan fingerprint density at radius 1 is 1.37 bits per heavy atom. The number of nitrogens with two attached hydrogens (primary N) is 1. The Morgan fingerprint density at radius 2 is 2.05 bits per heavy atom. The largest absolute Gasteiger partial charge is 0.490 e. The molecule has 2 N–H and O–H groups in total. The van der Waals surface area contributed by atoms with Crippen LogP contribution >= 0.6 is 0 Å². The number of rotatable bonds is 3. The topological polar surface area (TPSA) is 64.8 Å². The zero-order valence-electron chi connectivity index (χ0n) is 11.4. The lowest BCUT2D eigenvalue weighted by Crippen LogP contribution is -2.39. The van der Waals surface area contributed by atoms with Crippen LogP contribution in [0.3, 0.4) is 0 Å². The van der Waals surface area contributed by atoms with Gasteiger partial charge in [0.05, 0.1) is 19.3 Å². The van der Waals surface area contributed by atoms with Crippen molar-refractivity contribution in [1.82, 2.24) is 4.90 Å². The van der Waals surface area contributed by atoms with Gasteiger partial charge >= 0.3 is 0 Å². The third-order valence-electron chi connectivity index (χ3n) is 3.00. The number of carbonyl (C=O) groups is 1. The Bertz CT molecular complexity index is 460. The van der Waals surface area contributed by atoms with Crippen molar-refractivity contribution in [3.63, 3.8) is 0 Å². The maximum atomic E-state index is 11.7. The summed E-state index contributed by atoms with van der Waals surface area (Å²) >= 11 is 0. The zero-order valence-corrected chi connectivity index (χ0v) is 11.4. The summed E-state index contributed by atoms with van der Waals surface area (Å²) in [7, 11) is 1.74. The summed E-state index contributed by atoms with van der Waals surface area (Å²) in [6, 6.07) is 5.27. The van der Waals surface area contributed by atoms with Gasteiger partial charge in [0.2, 0.25) is 5.91 Å². The molecule has 0 saturated heterocycles. The Kier molecular flexibility index (Phi) is 4.27. The highest BCUT2D eigenvalue weighted by atomic mass is 16.5. The summed E-state index contributed by atoms with van der Waals surface area (Å²) in [5, 5.41) is 0. The molecule has 1 aliphatic heterocycles. The number of fused-ring (bicyclic) bond motifs is 1. The van der Waals surface area contributed by atoms with Crippen LogP contribution in [0.1, 0.15) is 18.9 Å². The minimum Gasteiger partial charge on any atom is -0.490 e. The summed E-state index contributed by atoms with van der Waals surface area (Å²) < 4.78 is 11.2. The first-order chi connectivity index (χ1) is 9.08. The first-order valence-electron chi connectivity index (χ1n) is 6.47. The van der Waals surface area contributed by atoms with Crippen molar-refractivity contribution in [3.8, 4) is 11.5 Å². The molecular formula is C14H20N2O3. The molecule has 2 rings (SSSR count). The van der Waals surface area contributed by atoms with Gasteiger partial charge in [-0.2, -0.15) is 0 Å². The van der Waals surface area contributed by atoms with E-state index in [2.05, 4.69) is 0 Å². The Balaban J connectivity index is 2.09. The van der Waals surface area contributed by atoms with E-state index in [1.807, 2.05) is 18.2 Å². The lowest BCUT2D eigenvalue weighted by molar-refractivity contribution is -0.131. The van der Waals surface area contributed by atoms with Crippen molar-refractivity contribution >= 4 is 5.91 Å². The molecule has 1 unspecified atom stereocenters. The number of benzene rings is 1. The molecule has 1 amide bonds. The van der Waals surface area contributed by atoms with E-state index in [0.29, 0.717) is 19.8 Å². The van der Waals surface area contributed by atoms with Gasteiger partial charge in [0.25, 0.3) is 0 Å². The molecule has 0 bridgehead atoms. The van der Waals surface area contributed by atoms with E-state index in [4.69, 9.17) is 15.2 Å². The number of likely N-dealkylation sites (N-methyl/N-ethyl adjacent to an activating group) is 1. The Hall–Kier alpha value is -1.75. The highest BCUT2D eigenvalue weighted by Gasteiger charge is 2.15. The number of amides is 1. The van der Waals surface area contributed by atoms with Crippen LogP contribution in [0.2, 0.25) is 0 Å². The molecule has 0 fully saturated rings. The number of nitrogens with zero attached hydrogens (tertiary/aromatic N) is 1. The predicted octanol–water partition coefficient (Wildman–Crippen LogP) is 1.15. The third-order valence-corrected chi connectivity index (χ3v) is 3.00. The SMILES string of the molecule is CC(N)C(=O)N(C)Cc1ccc2c(c1)OCCCO2. The third kappa shape index (κ3) is 3.38. The minimum absolute atomic E-state index is 0.0767. The van der Waals surface area contributed by atoms with E-state index in [1.54, 1.807) is 18.9 Å². The van der Waals surface area contributed by atoms with Crippen molar-refractivity contribution in [2.75, 3.05) is 20.3 Å². The molecule has 1 heterocycles. The van der Waals surface area contributed by atoms with E-state index >= 15 is 0 Å². The second-order valence-electron chi connectivity index (χ2n) is 4.81. The van der Waals surface area contributed by atoms with E-state index < -0.39 is 6.04 Å². The molecule has 19 heavy (non-hydrogen) atoms. The number of hydrogen-bond donors (Lipinski definition) is 1. The molecule has 1 aliphatic rings. The first kappa shape index (κ1) is 13.7.